The first-order valence-electron chi connectivity index (χ1n) is 13.1. The molecule has 0 spiro atoms. The summed E-state index contributed by atoms with van der Waals surface area (Å²) >= 11 is 5.83. The molecule has 3 aliphatic carbocycles. The van der Waals surface area contributed by atoms with Gasteiger partial charge in [0.05, 0.1) is 34.4 Å². The Morgan fingerprint density at radius 3 is 2.50 bits per heavy atom. The van der Waals surface area contributed by atoms with Crippen molar-refractivity contribution in [2.75, 3.05) is 20.3 Å². The van der Waals surface area contributed by atoms with Crippen LogP contribution in [0.3, 0.4) is 0 Å². The van der Waals surface area contributed by atoms with Gasteiger partial charge in [-0.2, -0.15) is 5.10 Å². The number of carboxylic acids is 1. The SMILES string of the molecule is C=C(C(=O)NCc1ccc(F)c(Cl)c1)/C(=N/N(C)CNCCC12CCC(C(=O)O)(CC1)CC2)C(C)N=CC. The van der Waals surface area contributed by atoms with E-state index in [0.29, 0.717) is 17.9 Å². The van der Waals surface area contributed by atoms with E-state index in [1.165, 1.54) is 12.1 Å². The zero-order valence-electron chi connectivity index (χ0n) is 22.5. The molecule has 0 heterocycles. The number of benzene rings is 1. The maximum absolute atomic E-state index is 13.4. The summed E-state index contributed by atoms with van der Waals surface area (Å²) in [4.78, 5) is 28.9. The average molecular weight is 548 g/mol. The first kappa shape index (κ1) is 29.8. The van der Waals surface area contributed by atoms with E-state index < -0.39 is 23.1 Å². The molecule has 3 fully saturated rings. The van der Waals surface area contributed by atoms with E-state index in [1.54, 1.807) is 24.2 Å². The Balaban J connectivity index is 1.53. The average Bonchev–Trinajstić information content (AvgIpc) is 2.91. The standard InChI is InChI=1S/C28H39ClFN5O3/c1-5-32-20(3)24(19(2)25(36)33-17-21-6-7-23(30)22(29)16-21)34-35(4)18-31-15-14-27-8-11-28(12-9-27,13-10-27)26(37)38/h5-7,16,20,31H,2,8-15,17-18H2,1,3-4H3,(H,33,36)(H,37,38)/b32-5?,34-24-. The lowest BCUT2D eigenvalue weighted by Gasteiger charge is -2.51. The van der Waals surface area contributed by atoms with Gasteiger partial charge >= 0.3 is 5.97 Å². The quantitative estimate of drug-likeness (QED) is 0.108. The van der Waals surface area contributed by atoms with Gasteiger partial charge in [0, 0.05) is 13.6 Å². The summed E-state index contributed by atoms with van der Waals surface area (Å²) in [6, 6.07) is 3.92. The van der Waals surface area contributed by atoms with Gasteiger partial charge < -0.3 is 10.4 Å². The molecule has 2 bridgehead atoms. The van der Waals surface area contributed by atoms with Crippen LogP contribution in [0.2, 0.25) is 5.02 Å². The van der Waals surface area contributed by atoms with Gasteiger partial charge in [-0.15, -0.1) is 0 Å². The third-order valence-corrected chi connectivity index (χ3v) is 8.38. The molecule has 4 rings (SSSR count). The fourth-order valence-corrected chi connectivity index (χ4v) is 5.72. The molecular formula is C28H39ClFN5O3. The molecule has 1 amide bonds. The molecular weight excluding hydrogens is 509 g/mol. The van der Waals surface area contributed by atoms with Crippen molar-refractivity contribution in [1.82, 2.24) is 15.6 Å². The third kappa shape index (κ3) is 7.20. The first-order valence-corrected chi connectivity index (χ1v) is 13.5. The molecule has 0 saturated heterocycles. The molecule has 10 heteroatoms. The fourth-order valence-electron chi connectivity index (χ4n) is 5.52. The summed E-state index contributed by atoms with van der Waals surface area (Å²) in [5.41, 5.74) is 1.07. The number of hydrogen-bond acceptors (Lipinski definition) is 6. The number of nitrogens with zero attached hydrogens (tertiary/aromatic N) is 3. The highest BCUT2D eigenvalue weighted by Gasteiger charge is 2.52. The second-order valence-corrected chi connectivity index (χ2v) is 11.0. The van der Waals surface area contributed by atoms with Crippen molar-refractivity contribution >= 4 is 35.4 Å². The lowest BCUT2D eigenvalue weighted by Crippen LogP contribution is -2.46. The lowest BCUT2D eigenvalue weighted by atomic mass is 9.53. The minimum atomic E-state index is -0.629. The predicted octanol–water partition coefficient (Wildman–Crippen LogP) is 4.78. The minimum absolute atomic E-state index is 0.00203. The Morgan fingerprint density at radius 2 is 1.92 bits per heavy atom. The number of hydrazone groups is 1. The van der Waals surface area contributed by atoms with E-state index >= 15 is 0 Å². The van der Waals surface area contributed by atoms with Crippen molar-refractivity contribution in [3.8, 4) is 0 Å². The van der Waals surface area contributed by atoms with E-state index in [1.807, 2.05) is 14.0 Å². The number of nitrogens with one attached hydrogen (secondary N) is 2. The molecule has 1 aromatic carbocycles. The van der Waals surface area contributed by atoms with Crippen molar-refractivity contribution in [2.24, 2.45) is 20.9 Å². The van der Waals surface area contributed by atoms with Crippen LogP contribution < -0.4 is 10.6 Å². The zero-order valence-corrected chi connectivity index (χ0v) is 23.3. The van der Waals surface area contributed by atoms with Crippen LogP contribution in [0.5, 0.6) is 0 Å². The largest absolute Gasteiger partial charge is 0.481 e. The highest BCUT2D eigenvalue weighted by Crippen LogP contribution is 2.58. The number of amides is 1. The molecule has 3 saturated carbocycles. The maximum atomic E-state index is 13.4. The molecule has 0 radical (unpaired) electrons. The lowest BCUT2D eigenvalue weighted by molar-refractivity contribution is -0.159. The van der Waals surface area contributed by atoms with Gasteiger partial charge in [0.15, 0.2) is 0 Å². The molecule has 8 nitrogen and oxygen atoms in total. The summed E-state index contributed by atoms with van der Waals surface area (Å²) in [6.07, 6.45) is 7.95. The highest BCUT2D eigenvalue weighted by atomic mass is 35.5. The van der Waals surface area contributed by atoms with Crippen LogP contribution in [-0.2, 0) is 16.1 Å². The molecule has 3 aliphatic rings. The monoisotopic (exact) mass is 547 g/mol. The van der Waals surface area contributed by atoms with Gasteiger partial charge in [-0.05, 0) is 94.7 Å². The second-order valence-electron chi connectivity index (χ2n) is 10.6. The van der Waals surface area contributed by atoms with E-state index in [-0.39, 0.29) is 28.6 Å². The Morgan fingerprint density at radius 1 is 1.26 bits per heavy atom. The molecule has 38 heavy (non-hydrogen) atoms. The van der Waals surface area contributed by atoms with E-state index in [4.69, 9.17) is 11.6 Å². The molecule has 1 unspecified atom stereocenters. The van der Waals surface area contributed by atoms with Gasteiger partial charge in [-0.3, -0.25) is 24.9 Å². The van der Waals surface area contributed by atoms with Crippen molar-refractivity contribution in [2.45, 2.75) is 71.4 Å². The highest BCUT2D eigenvalue weighted by molar-refractivity contribution is 6.30. The van der Waals surface area contributed by atoms with Gasteiger partial charge in [0.1, 0.15) is 5.82 Å². The Kier molecular flexibility index (Phi) is 10.1. The summed E-state index contributed by atoms with van der Waals surface area (Å²) in [7, 11) is 1.82. The smallest absolute Gasteiger partial charge is 0.309 e. The number of aliphatic carboxylic acids is 1. The fraction of sp³-hybridized carbons (Fsp3) is 0.571. The van der Waals surface area contributed by atoms with Gasteiger partial charge in [-0.25, -0.2) is 4.39 Å². The number of rotatable bonds is 13. The van der Waals surface area contributed by atoms with Crippen LogP contribution in [-0.4, -0.2) is 60.2 Å². The summed E-state index contributed by atoms with van der Waals surface area (Å²) in [6.45, 7) is 9.07. The maximum Gasteiger partial charge on any atom is 0.309 e. The number of carboxylic acid groups (broad SMARTS) is 1. The van der Waals surface area contributed by atoms with Crippen LogP contribution >= 0.6 is 11.6 Å². The van der Waals surface area contributed by atoms with Crippen molar-refractivity contribution in [3.63, 3.8) is 0 Å². The predicted molar refractivity (Wildman–Crippen MR) is 149 cm³/mol. The van der Waals surface area contributed by atoms with E-state index in [0.717, 1.165) is 51.5 Å². The van der Waals surface area contributed by atoms with Gasteiger partial charge in [0.25, 0.3) is 5.91 Å². The van der Waals surface area contributed by atoms with Gasteiger partial charge in [0.2, 0.25) is 0 Å². The molecule has 1 atom stereocenters. The van der Waals surface area contributed by atoms with E-state index in [2.05, 4.69) is 27.3 Å². The van der Waals surface area contributed by atoms with E-state index in [9.17, 15) is 19.1 Å². The Bertz CT molecular complexity index is 1080. The molecule has 1 aromatic rings. The summed E-state index contributed by atoms with van der Waals surface area (Å²) < 4.78 is 13.4. The third-order valence-electron chi connectivity index (χ3n) is 8.10. The molecule has 3 N–H and O–H groups in total. The van der Waals surface area contributed by atoms with Gasteiger partial charge in [-0.1, -0.05) is 24.2 Å². The normalized spacial score (nSPS) is 23.9. The Labute approximate surface area is 229 Å². The number of halogens is 2. The van der Waals surface area contributed by atoms with Crippen molar-refractivity contribution in [1.29, 1.82) is 0 Å². The van der Waals surface area contributed by atoms with Crippen molar-refractivity contribution < 1.29 is 19.1 Å². The van der Waals surface area contributed by atoms with Crippen LogP contribution in [0.1, 0.15) is 64.4 Å². The topological polar surface area (TPSA) is 106 Å². The van der Waals surface area contributed by atoms with Crippen LogP contribution in [0.25, 0.3) is 0 Å². The summed E-state index contributed by atoms with van der Waals surface area (Å²) in [5.74, 6) is -1.54. The number of aliphatic imine (C=N–C) groups is 1. The van der Waals surface area contributed by atoms with Crippen molar-refractivity contribution in [3.05, 3.63) is 46.8 Å². The number of carbonyl (C=O) groups is 2. The zero-order chi connectivity index (χ0) is 27.9. The number of fused-ring (bicyclic) bond motifs is 3. The summed E-state index contributed by atoms with van der Waals surface area (Å²) in [5, 5.41) is 22.2. The molecule has 208 valence electrons. The minimum Gasteiger partial charge on any atom is -0.481 e. The van der Waals surface area contributed by atoms with Crippen LogP contribution in [0.15, 0.2) is 40.4 Å². The molecule has 0 aliphatic heterocycles. The number of carbonyl (C=O) groups excluding carboxylic acids is 1. The Hall–Kier alpha value is -2.78. The number of hydrogen-bond donors (Lipinski definition) is 3. The van der Waals surface area contributed by atoms with Crippen LogP contribution in [0, 0.1) is 16.6 Å². The first-order chi connectivity index (χ1) is 18.0. The van der Waals surface area contributed by atoms with Crippen LogP contribution in [0.4, 0.5) is 4.39 Å². The molecule has 0 aromatic heterocycles. The second kappa shape index (κ2) is 12.8.